The molecular formula is C20H31NO2. The molecule has 2 aliphatic heterocycles. The molecule has 2 saturated carbocycles. The van der Waals surface area contributed by atoms with Gasteiger partial charge in [-0.1, -0.05) is 25.5 Å². The number of likely N-dealkylation sites (tertiary alicyclic amines) is 1. The number of hydrogen-bond donors (Lipinski definition) is 0. The number of carbonyl (C=O) groups excluding carboxylic acids is 1. The maximum atomic E-state index is 12.5. The average Bonchev–Trinajstić information content (AvgIpc) is 2.81. The number of rotatable bonds is 2. The van der Waals surface area contributed by atoms with Gasteiger partial charge in [-0.05, 0) is 69.4 Å². The van der Waals surface area contributed by atoms with E-state index in [2.05, 4.69) is 18.4 Å². The summed E-state index contributed by atoms with van der Waals surface area (Å²) in [7, 11) is 0. The van der Waals surface area contributed by atoms with Crippen LogP contribution >= 0.6 is 0 Å². The highest BCUT2D eigenvalue weighted by atomic mass is 16.6. The summed E-state index contributed by atoms with van der Waals surface area (Å²) in [6.45, 7) is 10.0. The van der Waals surface area contributed by atoms with Crippen LogP contribution in [0.3, 0.4) is 0 Å². The van der Waals surface area contributed by atoms with Gasteiger partial charge in [0.15, 0.2) is 0 Å². The van der Waals surface area contributed by atoms with E-state index in [-0.39, 0.29) is 18.0 Å². The van der Waals surface area contributed by atoms with E-state index in [1.54, 1.807) is 0 Å². The Hall–Kier alpha value is -0.830. The van der Waals surface area contributed by atoms with Gasteiger partial charge in [0.2, 0.25) is 0 Å². The van der Waals surface area contributed by atoms with Crippen molar-refractivity contribution in [1.29, 1.82) is 0 Å². The van der Waals surface area contributed by atoms with Crippen LogP contribution in [0.15, 0.2) is 12.2 Å². The molecule has 0 aromatic carbocycles. The molecule has 4 aliphatic rings. The van der Waals surface area contributed by atoms with E-state index in [1.165, 1.54) is 44.1 Å². The number of piperidine rings is 1. The Balaban J connectivity index is 1.50. The predicted octanol–water partition coefficient (Wildman–Crippen LogP) is 3.79. The maximum Gasteiger partial charge on any atom is 0.310 e. The molecule has 0 aromatic rings. The smallest absolute Gasteiger partial charge is 0.310 e. The predicted molar refractivity (Wildman–Crippen MR) is 91.0 cm³/mol. The van der Waals surface area contributed by atoms with Crippen molar-refractivity contribution in [3.05, 3.63) is 12.2 Å². The third-order valence-corrected chi connectivity index (χ3v) is 7.22. The quantitative estimate of drug-likeness (QED) is 0.573. The highest BCUT2D eigenvalue weighted by Gasteiger charge is 2.55. The van der Waals surface area contributed by atoms with Crippen LogP contribution in [0.1, 0.15) is 58.3 Å². The second-order valence-corrected chi connectivity index (χ2v) is 8.77. The molecule has 3 nitrogen and oxygen atoms in total. The second kappa shape index (κ2) is 5.91. The Morgan fingerprint density at radius 1 is 1.26 bits per heavy atom. The molecule has 2 saturated heterocycles. The van der Waals surface area contributed by atoms with Crippen LogP contribution in [-0.2, 0) is 9.53 Å². The van der Waals surface area contributed by atoms with Crippen molar-refractivity contribution in [2.45, 2.75) is 64.4 Å². The number of allylic oxidation sites excluding steroid dienone is 1. The summed E-state index contributed by atoms with van der Waals surface area (Å²) in [5.41, 5.74) is 1.75. The molecule has 0 N–H and O–H groups in total. The zero-order chi connectivity index (χ0) is 16.0. The van der Waals surface area contributed by atoms with Crippen molar-refractivity contribution in [3.63, 3.8) is 0 Å². The Morgan fingerprint density at radius 2 is 2.04 bits per heavy atom. The van der Waals surface area contributed by atoms with Gasteiger partial charge < -0.3 is 9.64 Å². The molecule has 23 heavy (non-hydrogen) atoms. The van der Waals surface area contributed by atoms with Crippen molar-refractivity contribution in [2.75, 3.05) is 19.6 Å². The van der Waals surface area contributed by atoms with E-state index in [0.29, 0.717) is 17.3 Å². The minimum Gasteiger partial charge on any atom is -0.462 e. The Kier molecular flexibility index (Phi) is 4.03. The summed E-state index contributed by atoms with van der Waals surface area (Å²) >= 11 is 0. The van der Waals surface area contributed by atoms with Crippen molar-refractivity contribution in [1.82, 2.24) is 4.90 Å². The zero-order valence-corrected chi connectivity index (χ0v) is 14.6. The largest absolute Gasteiger partial charge is 0.462 e. The minimum absolute atomic E-state index is 0.0819. The van der Waals surface area contributed by atoms with E-state index in [4.69, 9.17) is 4.74 Å². The SMILES string of the molecule is C=C1CCC[C@]2(C)C[C@H]3OC(=O)[C@@H](CN4CCCCC4)C3C[C@@H]12. The van der Waals surface area contributed by atoms with Crippen LogP contribution in [0.4, 0.5) is 0 Å². The summed E-state index contributed by atoms with van der Waals surface area (Å²) in [5.74, 6) is 1.23. The summed E-state index contributed by atoms with van der Waals surface area (Å²) in [6, 6.07) is 0. The number of nitrogens with zero attached hydrogens (tertiary/aromatic N) is 1. The number of ether oxygens (including phenoxy) is 1. The van der Waals surface area contributed by atoms with E-state index in [1.807, 2.05) is 0 Å². The third-order valence-electron chi connectivity index (χ3n) is 7.22. The number of carbonyl (C=O) groups is 1. The van der Waals surface area contributed by atoms with Crippen LogP contribution in [0.25, 0.3) is 0 Å². The molecular weight excluding hydrogens is 286 g/mol. The normalized spacial score (nSPS) is 44.6. The maximum absolute atomic E-state index is 12.5. The van der Waals surface area contributed by atoms with Gasteiger partial charge in [0.25, 0.3) is 0 Å². The van der Waals surface area contributed by atoms with Crippen molar-refractivity contribution >= 4 is 5.97 Å². The van der Waals surface area contributed by atoms with Gasteiger partial charge in [0.05, 0.1) is 5.92 Å². The van der Waals surface area contributed by atoms with Crippen LogP contribution in [0, 0.1) is 23.2 Å². The van der Waals surface area contributed by atoms with Crippen LogP contribution in [0.2, 0.25) is 0 Å². The molecule has 2 aliphatic carbocycles. The molecule has 0 amide bonds. The first-order valence-corrected chi connectivity index (χ1v) is 9.67. The summed E-state index contributed by atoms with van der Waals surface area (Å²) in [5, 5.41) is 0. The van der Waals surface area contributed by atoms with Gasteiger partial charge >= 0.3 is 5.97 Å². The molecule has 0 bridgehead atoms. The van der Waals surface area contributed by atoms with Gasteiger partial charge in [0, 0.05) is 12.5 Å². The zero-order valence-electron chi connectivity index (χ0n) is 14.6. The van der Waals surface area contributed by atoms with Gasteiger partial charge in [-0.25, -0.2) is 0 Å². The second-order valence-electron chi connectivity index (χ2n) is 8.77. The third kappa shape index (κ3) is 2.75. The van der Waals surface area contributed by atoms with Crippen LogP contribution < -0.4 is 0 Å². The van der Waals surface area contributed by atoms with Gasteiger partial charge in [-0.2, -0.15) is 0 Å². The monoisotopic (exact) mass is 317 g/mol. The first-order valence-electron chi connectivity index (χ1n) is 9.67. The lowest BCUT2D eigenvalue weighted by Gasteiger charge is -2.50. The molecule has 0 radical (unpaired) electrons. The van der Waals surface area contributed by atoms with Gasteiger partial charge in [-0.3, -0.25) is 4.79 Å². The highest BCUT2D eigenvalue weighted by Crippen LogP contribution is 2.56. The molecule has 4 rings (SSSR count). The molecule has 2 heterocycles. The molecule has 1 unspecified atom stereocenters. The lowest BCUT2D eigenvalue weighted by molar-refractivity contribution is -0.146. The number of hydrogen-bond acceptors (Lipinski definition) is 3. The summed E-state index contributed by atoms with van der Waals surface area (Å²) < 4.78 is 5.87. The molecule has 0 spiro atoms. The summed E-state index contributed by atoms with van der Waals surface area (Å²) in [4.78, 5) is 15.0. The summed E-state index contributed by atoms with van der Waals surface area (Å²) in [6.07, 6.45) is 9.99. The van der Waals surface area contributed by atoms with E-state index in [0.717, 1.165) is 32.5 Å². The van der Waals surface area contributed by atoms with Crippen LogP contribution in [0.5, 0.6) is 0 Å². The number of fused-ring (bicyclic) bond motifs is 2. The van der Waals surface area contributed by atoms with E-state index >= 15 is 0 Å². The van der Waals surface area contributed by atoms with E-state index in [9.17, 15) is 4.79 Å². The molecule has 3 heteroatoms. The van der Waals surface area contributed by atoms with Crippen molar-refractivity contribution in [3.8, 4) is 0 Å². The standard InChI is InChI=1S/C20H31NO2/c1-14-7-6-8-20(2)12-18-15(11-17(14)20)16(19(22)23-18)13-21-9-4-3-5-10-21/h15-18H,1,3-13H2,2H3/t15?,16-,17-,18+,20+/m0/s1. The number of esters is 1. The lowest BCUT2D eigenvalue weighted by atomic mass is 9.55. The Labute approximate surface area is 140 Å². The first kappa shape index (κ1) is 15.7. The fourth-order valence-corrected chi connectivity index (χ4v) is 5.88. The van der Waals surface area contributed by atoms with E-state index < -0.39 is 0 Å². The Morgan fingerprint density at radius 3 is 2.83 bits per heavy atom. The highest BCUT2D eigenvalue weighted by molar-refractivity contribution is 5.75. The Bertz CT molecular complexity index is 496. The average molecular weight is 317 g/mol. The molecule has 128 valence electrons. The molecule has 4 fully saturated rings. The van der Waals surface area contributed by atoms with Crippen molar-refractivity contribution in [2.24, 2.45) is 23.2 Å². The van der Waals surface area contributed by atoms with Gasteiger partial charge in [-0.15, -0.1) is 0 Å². The van der Waals surface area contributed by atoms with Crippen LogP contribution in [-0.4, -0.2) is 36.6 Å². The fourth-order valence-electron chi connectivity index (χ4n) is 5.88. The lowest BCUT2D eigenvalue weighted by Crippen LogP contribution is -2.46. The fraction of sp³-hybridized carbons (Fsp3) is 0.850. The molecule has 0 aromatic heterocycles. The van der Waals surface area contributed by atoms with Crippen molar-refractivity contribution < 1.29 is 9.53 Å². The topological polar surface area (TPSA) is 29.5 Å². The molecule has 5 atom stereocenters. The first-order chi connectivity index (χ1) is 11.1. The minimum atomic E-state index is 0.0819. The van der Waals surface area contributed by atoms with Gasteiger partial charge in [0.1, 0.15) is 6.10 Å².